The van der Waals surface area contributed by atoms with E-state index in [-0.39, 0.29) is 24.7 Å². The van der Waals surface area contributed by atoms with Crippen LogP contribution in [0.1, 0.15) is 40.5 Å². The summed E-state index contributed by atoms with van der Waals surface area (Å²) in [6.07, 6.45) is 0.415. The maximum absolute atomic E-state index is 11.5. The molecule has 0 atom stereocenters. The van der Waals surface area contributed by atoms with Crippen LogP contribution in [0.25, 0.3) is 0 Å². The van der Waals surface area contributed by atoms with Crippen molar-refractivity contribution in [3.05, 3.63) is 0 Å². The van der Waals surface area contributed by atoms with E-state index >= 15 is 0 Å². The summed E-state index contributed by atoms with van der Waals surface area (Å²) in [5.41, 5.74) is 0. The van der Waals surface area contributed by atoms with Crippen LogP contribution < -0.4 is 16.0 Å². The van der Waals surface area contributed by atoms with Crippen LogP contribution in [0.4, 0.5) is 0 Å². The van der Waals surface area contributed by atoms with Crippen LogP contribution in [-0.4, -0.2) is 37.5 Å². The Hall–Kier alpha value is -1.54. The molecule has 3 N–H and O–H groups in total. The van der Waals surface area contributed by atoms with Gasteiger partial charge in [0.05, 0.1) is 6.54 Å². The zero-order valence-corrected chi connectivity index (χ0v) is 13.0. The predicted octanol–water partition coefficient (Wildman–Crippen LogP) is 0.656. The molecule has 0 aliphatic rings. The second-order valence-electron chi connectivity index (χ2n) is 5.21. The first-order valence-corrected chi connectivity index (χ1v) is 7.17. The summed E-state index contributed by atoms with van der Waals surface area (Å²) in [6, 6.07) is 0.407. The van der Waals surface area contributed by atoms with Gasteiger partial charge in [0.15, 0.2) is 0 Å². The lowest BCUT2D eigenvalue weighted by molar-refractivity contribution is -0.126. The molecule has 0 heterocycles. The van der Waals surface area contributed by atoms with Gasteiger partial charge >= 0.3 is 0 Å². The second-order valence-corrected chi connectivity index (χ2v) is 5.21. The van der Waals surface area contributed by atoms with Crippen LogP contribution in [0.5, 0.6) is 0 Å². The van der Waals surface area contributed by atoms with Crippen molar-refractivity contribution in [2.75, 3.05) is 19.6 Å². The Balaban J connectivity index is 3.59. The monoisotopic (exact) mass is 281 g/mol. The van der Waals surface area contributed by atoms with Crippen molar-refractivity contribution in [2.45, 2.75) is 46.6 Å². The van der Waals surface area contributed by atoms with Gasteiger partial charge in [-0.2, -0.15) is 0 Å². The Kier molecular flexibility index (Phi) is 10.4. The molecular weight excluding hydrogens is 254 g/mol. The average molecular weight is 281 g/mol. The third kappa shape index (κ3) is 12.9. The molecule has 0 aliphatic heterocycles. The van der Waals surface area contributed by atoms with Crippen molar-refractivity contribution in [2.24, 2.45) is 5.92 Å². The van der Waals surface area contributed by atoms with Gasteiger partial charge in [0.25, 0.3) is 0 Å². The molecule has 5 heteroatoms. The molecule has 0 aromatic rings. The van der Waals surface area contributed by atoms with E-state index in [4.69, 9.17) is 0 Å². The fourth-order valence-electron chi connectivity index (χ4n) is 1.36. The summed E-state index contributed by atoms with van der Waals surface area (Å²) < 4.78 is 0. The molecule has 0 rings (SSSR count). The highest BCUT2D eigenvalue weighted by Crippen LogP contribution is 1.89. The lowest BCUT2D eigenvalue weighted by atomic mass is 10.2. The highest BCUT2D eigenvalue weighted by molar-refractivity contribution is 5.83. The van der Waals surface area contributed by atoms with Crippen LogP contribution in [0.15, 0.2) is 0 Å². The molecule has 0 bridgehead atoms. The Morgan fingerprint density at radius 1 is 0.950 bits per heavy atom. The van der Waals surface area contributed by atoms with Gasteiger partial charge < -0.3 is 16.0 Å². The summed E-state index contributed by atoms with van der Waals surface area (Å²) in [4.78, 5) is 22.9. The minimum atomic E-state index is -0.140. The lowest BCUT2D eigenvalue weighted by Crippen LogP contribution is -2.35. The van der Waals surface area contributed by atoms with Crippen molar-refractivity contribution < 1.29 is 9.59 Å². The maximum atomic E-state index is 11.5. The highest BCUT2D eigenvalue weighted by Gasteiger charge is 2.05. The first-order valence-electron chi connectivity index (χ1n) is 7.17. The summed E-state index contributed by atoms with van der Waals surface area (Å²) in [5, 5.41) is 8.64. The van der Waals surface area contributed by atoms with Gasteiger partial charge in [-0.1, -0.05) is 39.5 Å². The van der Waals surface area contributed by atoms with Gasteiger partial charge in [0.2, 0.25) is 11.8 Å². The van der Waals surface area contributed by atoms with Gasteiger partial charge in [0, 0.05) is 37.9 Å². The van der Waals surface area contributed by atoms with E-state index < -0.39 is 0 Å². The number of carbonyl (C=O) groups is 2. The van der Waals surface area contributed by atoms with Gasteiger partial charge in [-0.05, 0) is 0 Å². The summed E-state index contributed by atoms with van der Waals surface area (Å²) in [5.74, 6) is 5.89. The Morgan fingerprint density at radius 2 is 1.55 bits per heavy atom. The molecule has 0 saturated carbocycles. The quantitative estimate of drug-likeness (QED) is 0.452. The summed E-state index contributed by atoms with van der Waals surface area (Å²) in [6.45, 7) is 9.75. The normalized spacial score (nSPS) is 10.1. The molecule has 0 aromatic carbocycles. The largest absolute Gasteiger partial charge is 0.355 e. The standard InChI is InChI=1S/C15H27N3O2/c1-12(2)6-5-9-17-14(19)7-8-15(20)18-11-10-16-13(3)4/h12-13,16H,7-11H2,1-4H3,(H,17,19)(H,18,20). The Labute approximate surface area is 122 Å². The smallest absolute Gasteiger partial charge is 0.221 e. The highest BCUT2D eigenvalue weighted by atomic mass is 16.2. The molecule has 2 amide bonds. The number of nitrogens with one attached hydrogen (secondary N) is 3. The van der Waals surface area contributed by atoms with Gasteiger partial charge in [-0.25, -0.2) is 0 Å². The molecular formula is C15H27N3O2. The number of carbonyl (C=O) groups excluding carboxylic acids is 2. The fourth-order valence-corrected chi connectivity index (χ4v) is 1.36. The third-order valence-electron chi connectivity index (χ3n) is 2.34. The SMILES string of the molecule is CC(C)C#CCNC(=O)CCC(=O)NCCNC(C)C. The molecule has 0 unspecified atom stereocenters. The first-order chi connectivity index (χ1) is 9.41. The average Bonchev–Trinajstić information content (AvgIpc) is 2.37. The van der Waals surface area contributed by atoms with E-state index in [1.807, 2.05) is 27.7 Å². The first kappa shape index (κ1) is 18.5. The second kappa shape index (κ2) is 11.3. The number of hydrogen-bond acceptors (Lipinski definition) is 3. The molecule has 20 heavy (non-hydrogen) atoms. The molecule has 5 nitrogen and oxygen atoms in total. The molecule has 0 radical (unpaired) electrons. The van der Waals surface area contributed by atoms with Gasteiger partial charge in [-0.3, -0.25) is 9.59 Å². The summed E-state index contributed by atoms with van der Waals surface area (Å²) >= 11 is 0. The lowest BCUT2D eigenvalue weighted by Gasteiger charge is -2.09. The van der Waals surface area contributed by atoms with Crippen LogP contribution >= 0.6 is 0 Å². The number of rotatable bonds is 8. The van der Waals surface area contributed by atoms with Gasteiger partial charge in [0.1, 0.15) is 0 Å². The van der Waals surface area contributed by atoms with Crippen LogP contribution in [0.3, 0.4) is 0 Å². The van der Waals surface area contributed by atoms with Crippen LogP contribution in [-0.2, 0) is 9.59 Å². The minimum absolute atomic E-state index is 0.0982. The Morgan fingerprint density at radius 3 is 2.10 bits per heavy atom. The molecule has 114 valence electrons. The maximum Gasteiger partial charge on any atom is 0.221 e. The van der Waals surface area contributed by atoms with Crippen molar-refractivity contribution in [3.8, 4) is 11.8 Å². The molecule has 0 spiro atoms. The topological polar surface area (TPSA) is 70.2 Å². The molecule has 0 aliphatic carbocycles. The number of amides is 2. The van der Waals surface area contributed by atoms with E-state index in [9.17, 15) is 9.59 Å². The fraction of sp³-hybridized carbons (Fsp3) is 0.733. The zero-order chi connectivity index (χ0) is 15.4. The van der Waals surface area contributed by atoms with E-state index in [2.05, 4.69) is 27.8 Å². The summed E-state index contributed by atoms with van der Waals surface area (Å²) in [7, 11) is 0. The van der Waals surface area contributed by atoms with Crippen LogP contribution in [0.2, 0.25) is 0 Å². The van der Waals surface area contributed by atoms with Crippen molar-refractivity contribution >= 4 is 11.8 Å². The van der Waals surface area contributed by atoms with E-state index in [0.29, 0.717) is 25.0 Å². The van der Waals surface area contributed by atoms with E-state index in [1.54, 1.807) is 0 Å². The predicted molar refractivity (Wildman–Crippen MR) is 81.0 cm³/mol. The van der Waals surface area contributed by atoms with Crippen molar-refractivity contribution in [1.29, 1.82) is 0 Å². The van der Waals surface area contributed by atoms with Crippen molar-refractivity contribution in [3.63, 3.8) is 0 Å². The number of hydrogen-bond donors (Lipinski definition) is 3. The molecule has 0 fully saturated rings. The van der Waals surface area contributed by atoms with E-state index in [1.165, 1.54) is 0 Å². The minimum Gasteiger partial charge on any atom is -0.355 e. The van der Waals surface area contributed by atoms with Crippen LogP contribution in [0, 0.1) is 17.8 Å². The Bertz CT molecular complexity index is 354. The molecule has 0 aromatic heterocycles. The molecule has 0 saturated heterocycles. The van der Waals surface area contributed by atoms with Crippen molar-refractivity contribution in [1.82, 2.24) is 16.0 Å². The van der Waals surface area contributed by atoms with E-state index in [0.717, 1.165) is 6.54 Å². The third-order valence-corrected chi connectivity index (χ3v) is 2.34. The van der Waals surface area contributed by atoms with Gasteiger partial charge in [-0.15, -0.1) is 0 Å². The zero-order valence-electron chi connectivity index (χ0n) is 13.0.